The summed E-state index contributed by atoms with van der Waals surface area (Å²) in [6.45, 7) is 12.8. The monoisotopic (exact) mass is 181 g/mol. The van der Waals surface area contributed by atoms with E-state index in [-0.39, 0.29) is 11.5 Å². The Balaban J connectivity index is 4.52. The van der Waals surface area contributed by atoms with E-state index in [9.17, 15) is 0 Å². The summed E-state index contributed by atoms with van der Waals surface area (Å²) >= 11 is 0. The molecule has 0 aliphatic carbocycles. The second-order valence-electron chi connectivity index (χ2n) is 5.00. The first-order valence-corrected chi connectivity index (χ1v) is 4.82. The van der Waals surface area contributed by atoms with E-state index < -0.39 is 0 Å². The minimum absolute atomic E-state index is 0.142. The first-order chi connectivity index (χ1) is 5.75. The van der Waals surface area contributed by atoms with Gasteiger partial charge in [0.15, 0.2) is 0 Å². The van der Waals surface area contributed by atoms with Gasteiger partial charge in [-0.25, -0.2) is 0 Å². The van der Waals surface area contributed by atoms with Crippen LogP contribution in [0.5, 0.6) is 0 Å². The van der Waals surface area contributed by atoms with E-state index in [1.54, 1.807) is 0 Å². The number of allylic oxidation sites excluding steroid dienone is 3. The van der Waals surface area contributed by atoms with Gasteiger partial charge < -0.3 is 5.73 Å². The molecule has 0 unspecified atom stereocenters. The van der Waals surface area contributed by atoms with Gasteiger partial charge in [0.2, 0.25) is 0 Å². The minimum Gasteiger partial charge on any atom is -0.324 e. The SMILES string of the molecule is CC(C)=C/C=C(\C)[C@H](N)C(C)(C)C. The molecule has 0 aliphatic rings. The lowest BCUT2D eigenvalue weighted by atomic mass is 9.83. The molecule has 0 radical (unpaired) electrons. The summed E-state index contributed by atoms with van der Waals surface area (Å²) < 4.78 is 0. The zero-order valence-electron chi connectivity index (χ0n) is 9.81. The Morgan fingerprint density at radius 3 is 1.85 bits per heavy atom. The van der Waals surface area contributed by atoms with Crippen molar-refractivity contribution in [3.63, 3.8) is 0 Å². The normalized spacial score (nSPS) is 15.5. The van der Waals surface area contributed by atoms with Crippen LogP contribution in [0.15, 0.2) is 23.3 Å². The maximum Gasteiger partial charge on any atom is 0.0303 e. The minimum atomic E-state index is 0.142. The second-order valence-corrected chi connectivity index (χ2v) is 5.00. The first kappa shape index (κ1) is 12.4. The predicted octanol–water partition coefficient (Wildman–Crippen LogP) is 3.27. The summed E-state index contributed by atoms with van der Waals surface area (Å²) in [4.78, 5) is 0. The Morgan fingerprint density at radius 1 is 1.08 bits per heavy atom. The van der Waals surface area contributed by atoms with Crippen LogP contribution in [-0.2, 0) is 0 Å². The molecular weight excluding hydrogens is 158 g/mol. The molecule has 13 heavy (non-hydrogen) atoms. The number of nitrogens with two attached hydrogens (primary N) is 1. The fourth-order valence-electron chi connectivity index (χ4n) is 1.08. The lowest BCUT2D eigenvalue weighted by molar-refractivity contribution is 0.354. The smallest absolute Gasteiger partial charge is 0.0303 e. The Bertz CT molecular complexity index is 212. The molecule has 0 aromatic carbocycles. The molecule has 1 heteroatoms. The fourth-order valence-corrected chi connectivity index (χ4v) is 1.08. The van der Waals surface area contributed by atoms with Gasteiger partial charge in [-0.3, -0.25) is 0 Å². The molecule has 0 aromatic heterocycles. The predicted molar refractivity (Wildman–Crippen MR) is 60.6 cm³/mol. The van der Waals surface area contributed by atoms with Gasteiger partial charge in [0.25, 0.3) is 0 Å². The Labute approximate surface area is 82.7 Å². The Kier molecular flexibility index (Phi) is 4.41. The molecule has 0 saturated carbocycles. The zero-order valence-corrected chi connectivity index (χ0v) is 9.81. The van der Waals surface area contributed by atoms with Gasteiger partial charge >= 0.3 is 0 Å². The summed E-state index contributed by atoms with van der Waals surface area (Å²) in [6.07, 6.45) is 4.23. The van der Waals surface area contributed by atoms with E-state index in [1.165, 1.54) is 11.1 Å². The molecular formula is C12H23N. The van der Waals surface area contributed by atoms with Crippen molar-refractivity contribution in [3.05, 3.63) is 23.3 Å². The summed E-state index contributed by atoms with van der Waals surface area (Å²) in [5.41, 5.74) is 8.78. The molecule has 0 spiro atoms. The van der Waals surface area contributed by atoms with Crippen molar-refractivity contribution in [2.75, 3.05) is 0 Å². The average Bonchev–Trinajstić information content (AvgIpc) is 1.96. The van der Waals surface area contributed by atoms with Crippen LogP contribution in [0.4, 0.5) is 0 Å². The summed E-state index contributed by atoms with van der Waals surface area (Å²) in [5, 5.41) is 0. The third-order valence-corrected chi connectivity index (χ3v) is 2.10. The van der Waals surface area contributed by atoms with E-state index in [4.69, 9.17) is 5.73 Å². The molecule has 1 nitrogen and oxygen atoms in total. The third kappa shape index (κ3) is 4.89. The quantitative estimate of drug-likeness (QED) is 0.650. The fraction of sp³-hybridized carbons (Fsp3) is 0.667. The summed E-state index contributed by atoms with van der Waals surface area (Å²) in [7, 11) is 0. The van der Waals surface area contributed by atoms with E-state index in [0.29, 0.717) is 0 Å². The molecule has 0 fully saturated rings. The average molecular weight is 181 g/mol. The maximum atomic E-state index is 6.08. The molecule has 1 atom stereocenters. The van der Waals surface area contributed by atoms with Gasteiger partial charge in [0.05, 0.1) is 0 Å². The van der Waals surface area contributed by atoms with Crippen molar-refractivity contribution in [3.8, 4) is 0 Å². The highest BCUT2D eigenvalue weighted by molar-refractivity contribution is 5.19. The molecule has 0 aliphatic heterocycles. The number of hydrogen-bond acceptors (Lipinski definition) is 1. The van der Waals surface area contributed by atoms with Crippen LogP contribution < -0.4 is 5.73 Å². The van der Waals surface area contributed by atoms with E-state index in [1.807, 2.05) is 0 Å². The van der Waals surface area contributed by atoms with E-state index in [2.05, 4.69) is 53.7 Å². The molecule has 0 amide bonds. The lowest BCUT2D eigenvalue weighted by Crippen LogP contribution is -2.35. The molecule has 0 saturated heterocycles. The van der Waals surface area contributed by atoms with Crippen LogP contribution in [0, 0.1) is 5.41 Å². The van der Waals surface area contributed by atoms with Crippen molar-refractivity contribution in [2.45, 2.75) is 47.6 Å². The number of hydrogen-bond donors (Lipinski definition) is 1. The lowest BCUT2D eigenvalue weighted by Gasteiger charge is -2.27. The van der Waals surface area contributed by atoms with Crippen LogP contribution in [0.25, 0.3) is 0 Å². The highest BCUT2D eigenvalue weighted by atomic mass is 14.7. The van der Waals surface area contributed by atoms with Gasteiger partial charge in [-0.15, -0.1) is 0 Å². The summed E-state index contributed by atoms with van der Waals surface area (Å²) in [5.74, 6) is 0. The van der Waals surface area contributed by atoms with Crippen LogP contribution in [0.1, 0.15) is 41.5 Å². The Hall–Kier alpha value is -0.560. The van der Waals surface area contributed by atoms with Gasteiger partial charge in [-0.2, -0.15) is 0 Å². The van der Waals surface area contributed by atoms with Crippen LogP contribution in [-0.4, -0.2) is 6.04 Å². The van der Waals surface area contributed by atoms with Gasteiger partial charge in [-0.1, -0.05) is 44.1 Å². The topological polar surface area (TPSA) is 26.0 Å². The molecule has 0 aromatic rings. The third-order valence-electron chi connectivity index (χ3n) is 2.10. The van der Waals surface area contributed by atoms with Gasteiger partial charge in [-0.05, 0) is 26.2 Å². The van der Waals surface area contributed by atoms with Crippen molar-refractivity contribution in [1.82, 2.24) is 0 Å². The second kappa shape index (κ2) is 4.61. The van der Waals surface area contributed by atoms with Crippen molar-refractivity contribution >= 4 is 0 Å². The molecule has 2 N–H and O–H groups in total. The molecule has 0 bridgehead atoms. The highest BCUT2D eigenvalue weighted by Gasteiger charge is 2.21. The van der Waals surface area contributed by atoms with E-state index >= 15 is 0 Å². The number of rotatable bonds is 2. The van der Waals surface area contributed by atoms with Crippen molar-refractivity contribution in [1.29, 1.82) is 0 Å². The standard InChI is InChI=1S/C12H23N/c1-9(2)7-8-10(3)11(13)12(4,5)6/h7-8,11H,13H2,1-6H3/b10-8+/t11-/m0/s1. The van der Waals surface area contributed by atoms with E-state index in [0.717, 1.165) is 0 Å². The Morgan fingerprint density at radius 2 is 1.54 bits per heavy atom. The van der Waals surface area contributed by atoms with Crippen LogP contribution in [0.2, 0.25) is 0 Å². The van der Waals surface area contributed by atoms with Gasteiger partial charge in [0.1, 0.15) is 0 Å². The first-order valence-electron chi connectivity index (χ1n) is 4.82. The molecule has 0 rings (SSSR count). The van der Waals surface area contributed by atoms with Gasteiger partial charge in [0, 0.05) is 6.04 Å². The molecule has 76 valence electrons. The largest absolute Gasteiger partial charge is 0.324 e. The zero-order chi connectivity index (χ0) is 10.6. The summed E-state index contributed by atoms with van der Waals surface area (Å²) in [6, 6.07) is 0.142. The van der Waals surface area contributed by atoms with Crippen LogP contribution >= 0.6 is 0 Å². The van der Waals surface area contributed by atoms with Crippen molar-refractivity contribution < 1.29 is 0 Å². The van der Waals surface area contributed by atoms with Crippen molar-refractivity contribution in [2.24, 2.45) is 11.1 Å². The maximum absolute atomic E-state index is 6.08. The highest BCUT2D eigenvalue weighted by Crippen LogP contribution is 2.22. The molecule has 0 heterocycles. The van der Waals surface area contributed by atoms with Crippen LogP contribution in [0.3, 0.4) is 0 Å².